The molecule has 1 unspecified atom stereocenters. The third-order valence-electron chi connectivity index (χ3n) is 1.58. The van der Waals surface area contributed by atoms with Gasteiger partial charge in [0.05, 0.1) is 11.0 Å². The number of nitrogens with one attached hydrogen (secondary N) is 1. The first-order chi connectivity index (χ1) is 6.61. The van der Waals surface area contributed by atoms with Crippen LogP contribution in [0.25, 0.3) is 0 Å². The van der Waals surface area contributed by atoms with Gasteiger partial charge in [-0.3, -0.25) is 15.1 Å². The van der Waals surface area contributed by atoms with E-state index in [9.17, 15) is 10.1 Å². The van der Waals surface area contributed by atoms with Crippen LogP contribution < -0.4 is 5.32 Å². The number of aliphatic hydroxyl groups excluding tert-OH is 1. The lowest BCUT2D eigenvalue weighted by Gasteiger charge is -2.07. The van der Waals surface area contributed by atoms with Gasteiger partial charge < -0.3 is 10.4 Å². The van der Waals surface area contributed by atoms with E-state index in [1.165, 1.54) is 18.5 Å². The molecule has 0 saturated heterocycles. The molecule has 1 atom stereocenters. The quantitative estimate of drug-likeness (QED) is 0.550. The summed E-state index contributed by atoms with van der Waals surface area (Å²) in [6.07, 6.45) is 2.07. The van der Waals surface area contributed by atoms with Crippen molar-refractivity contribution in [2.75, 3.05) is 11.9 Å². The maximum atomic E-state index is 10.5. The lowest BCUT2D eigenvalue weighted by molar-refractivity contribution is -0.384. The van der Waals surface area contributed by atoms with Crippen molar-refractivity contribution in [2.45, 2.75) is 13.0 Å². The van der Waals surface area contributed by atoms with Crippen LogP contribution in [0.3, 0.4) is 0 Å². The van der Waals surface area contributed by atoms with Crippen LogP contribution in [0.1, 0.15) is 6.92 Å². The summed E-state index contributed by atoms with van der Waals surface area (Å²) >= 11 is 0. The van der Waals surface area contributed by atoms with Gasteiger partial charge in [-0.1, -0.05) is 0 Å². The van der Waals surface area contributed by atoms with E-state index < -0.39 is 11.0 Å². The van der Waals surface area contributed by atoms with Crippen molar-refractivity contribution in [1.29, 1.82) is 0 Å². The number of hydrogen-bond acceptors (Lipinski definition) is 5. The maximum Gasteiger partial charge on any atom is 0.310 e. The molecule has 6 nitrogen and oxygen atoms in total. The van der Waals surface area contributed by atoms with Crippen LogP contribution in [0.2, 0.25) is 0 Å². The molecule has 0 aliphatic heterocycles. The molecule has 1 aromatic rings. The first-order valence-electron chi connectivity index (χ1n) is 4.11. The van der Waals surface area contributed by atoms with Crippen molar-refractivity contribution >= 4 is 11.4 Å². The molecule has 1 rings (SSSR count). The normalized spacial score (nSPS) is 12.1. The Labute approximate surface area is 80.7 Å². The summed E-state index contributed by atoms with van der Waals surface area (Å²) in [5, 5.41) is 22.3. The van der Waals surface area contributed by atoms with Gasteiger partial charge in [-0.2, -0.15) is 0 Å². The Balaban J connectivity index is 2.79. The summed E-state index contributed by atoms with van der Waals surface area (Å²) in [6.45, 7) is 1.87. The summed E-state index contributed by atoms with van der Waals surface area (Å²) in [4.78, 5) is 13.7. The monoisotopic (exact) mass is 197 g/mol. The zero-order valence-corrected chi connectivity index (χ0v) is 7.67. The number of nitrogens with zero attached hydrogens (tertiary/aromatic N) is 2. The van der Waals surface area contributed by atoms with Gasteiger partial charge >= 0.3 is 5.69 Å². The van der Waals surface area contributed by atoms with Gasteiger partial charge in [0.1, 0.15) is 11.9 Å². The molecule has 1 aromatic heterocycles. The smallest absolute Gasteiger partial charge is 0.310 e. The van der Waals surface area contributed by atoms with Gasteiger partial charge in [-0.15, -0.1) is 0 Å². The molecule has 14 heavy (non-hydrogen) atoms. The van der Waals surface area contributed by atoms with Crippen LogP contribution in [0.5, 0.6) is 0 Å². The highest BCUT2D eigenvalue weighted by Gasteiger charge is 2.12. The fourth-order valence-electron chi connectivity index (χ4n) is 0.939. The van der Waals surface area contributed by atoms with Crippen LogP contribution in [-0.4, -0.2) is 27.7 Å². The molecule has 2 N–H and O–H groups in total. The third kappa shape index (κ3) is 2.67. The minimum absolute atomic E-state index is 0.0897. The topological polar surface area (TPSA) is 88.3 Å². The Kier molecular flexibility index (Phi) is 3.35. The molecule has 6 heteroatoms. The lowest BCUT2D eigenvalue weighted by Crippen LogP contribution is -2.16. The van der Waals surface area contributed by atoms with E-state index >= 15 is 0 Å². The molecule has 1 heterocycles. The fraction of sp³-hybridized carbons (Fsp3) is 0.375. The van der Waals surface area contributed by atoms with E-state index in [0.29, 0.717) is 5.69 Å². The van der Waals surface area contributed by atoms with Gasteiger partial charge in [0, 0.05) is 12.7 Å². The van der Waals surface area contributed by atoms with E-state index in [2.05, 4.69) is 10.3 Å². The predicted molar refractivity (Wildman–Crippen MR) is 51.1 cm³/mol. The largest absolute Gasteiger partial charge is 0.392 e. The number of anilines is 1. The average molecular weight is 197 g/mol. The van der Waals surface area contributed by atoms with E-state index in [1.54, 1.807) is 6.92 Å². The Bertz CT molecular complexity index is 327. The molecule has 76 valence electrons. The van der Waals surface area contributed by atoms with Gasteiger partial charge in [0.25, 0.3) is 0 Å². The number of aliphatic hydroxyl groups is 1. The lowest BCUT2D eigenvalue weighted by atomic mass is 10.3. The molecule has 0 radical (unpaired) electrons. The van der Waals surface area contributed by atoms with Crippen LogP contribution in [0.4, 0.5) is 11.4 Å². The number of hydrogen-bond donors (Lipinski definition) is 2. The summed E-state index contributed by atoms with van der Waals surface area (Å²) in [7, 11) is 0. The Morgan fingerprint density at radius 3 is 3.07 bits per heavy atom. The number of rotatable bonds is 4. The van der Waals surface area contributed by atoms with Crippen molar-refractivity contribution in [3.63, 3.8) is 0 Å². The van der Waals surface area contributed by atoms with Crippen molar-refractivity contribution in [1.82, 2.24) is 4.98 Å². The van der Waals surface area contributed by atoms with E-state index in [1.807, 2.05) is 0 Å². The molecule has 0 saturated carbocycles. The molecule has 0 spiro atoms. The van der Waals surface area contributed by atoms with E-state index in [-0.39, 0.29) is 12.2 Å². The Hall–Kier alpha value is -1.69. The highest BCUT2D eigenvalue weighted by Crippen LogP contribution is 2.21. The van der Waals surface area contributed by atoms with Crippen molar-refractivity contribution in [3.05, 3.63) is 28.6 Å². The van der Waals surface area contributed by atoms with E-state index in [4.69, 9.17) is 5.11 Å². The number of nitro groups is 1. The first kappa shape index (κ1) is 10.4. The fourth-order valence-corrected chi connectivity index (χ4v) is 0.939. The third-order valence-corrected chi connectivity index (χ3v) is 1.58. The minimum atomic E-state index is -0.553. The zero-order chi connectivity index (χ0) is 10.6. The van der Waals surface area contributed by atoms with Gasteiger partial charge in [0.2, 0.25) is 0 Å². The SMILES string of the molecule is CC(O)CNc1ccncc1[N+](=O)[O-]. The summed E-state index contributed by atoms with van der Waals surface area (Å²) in [6, 6.07) is 1.50. The van der Waals surface area contributed by atoms with Crippen LogP contribution in [-0.2, 0) is 0 Å². The van der Waals surface area contributed by atoms with Crippen LogP contribution >= 0.6 is 0 Å². The second kappa shape index (κ2) is 4.52. The van der Waals surface area contributed by atoms with Crippen molar-refractivity contribution < 1.29 is 10.0 Å². The standard InChI is InChI=1S/C8H11N3O3/c1-6(12)4-10-7-2-3-9-5-8(7)11(13)14/h2-3,5-6,12H,4H2,1H3,(H,9,10). The second-order valence-corrected chi connectivity index (χ2v) is 2.88. The number of aromatic nitrogens is 1. The minimum Gasteiger partial charge on any atom is -0.392 e. The maximum absolute atomic E-state index is 10.5. The highest BCUT2D eigenvalue weighted by atomic mass is 16.6. The summed E-state index contributed by atoms with van der Waals surface area (Å²) in [5.74, 6) is 0. The summed E-state index contributed by atoms with van der Waals surface area (Å²) in [5.41, 5.74) is 0.277. The Morgan fingerprint density at radius 2 is 2.50 bits per heavy atom. The molecular formula is C8H11N3O3. The van der Waals surface area contributed by atoms with Gasteiger partial charge in [-0.25, -0.2) is 0 Å². The van der Waals surface area contributed by atoms with Crippen molar-refractivity contribution in [2.24, 2.45) is 0 Å². The predicted octanol–water partition coefficient (Wildman–Crippen LogP) is 0.782. The van der Waals surface area contributed by atoms with Crippen LogP contribution in [0.15, 0.2) is 18.5 Å². The van der Waals surface area contributed by atoms with Crippen molar-refractivity contribution in [3.8, 4) is 0 Å². The molecule has 0 aliphatic rings. The molecule has 0 aliphatic carbocycles. The summed E-state index contributed by atoms with van der Waals surface area (Å²) < 4.78 is 0. The first-order valence-corrected chi connectivity index (χ1v) is 4.11. The molecule has 0 fully saturated rings. The molecule has 0 bridgehead atoms. The molecule has 0 amide bonds. The van der Waals surface area contributed by atoms with Crippen LogP contribution in [0, 0.1) is 10.1 Å². The highest BCUT2D eigenvalue weighted by molar-refractivity contribution is 5.59. The average Bonchev–Trinajstić information content (AvgIpc) is 2.15. The molecular weight excluding hydrogens is 186 g/mol. The zero-order valence-electron chi connectivity index (χ0n) is 7.67. The van der Waals surface area contributed by atoms with Gasteiger partial charge in [-0.05, 0) is 13.0 Å². The molecule has 0 aromatic carbocycles. The van der Waals surface area contributed by atoms with E-state index in [0.717, 1.165) is 0 Å². The Morgan fingerprint density at radius 1 is 1.79 bits per heavy atom. The second-order valence-electron chi connectivity index (χ2n) is 2.88. The number of pyridine rings is 1. The van der Waals surface area contributed by atoms with Gasteiger partial charge in [0.15, 0.2) is 0 Å².